The molecule has 0 aliphatic carbocycles. The highest BCUT2D eigenvalue weighted by Gasteiger charge is 2.34. The first-order valence-corrected chi connectivity index (χ1v) is 5.42. The van der Waals surface area contributed by atoms with Crippen molar-refractivity contribution in [3.63, 3.8) is 0 Å². The zero-order chi connectivity index (χ0) is 13.3. The summed E-state index contributed by atoms with van der Waals surface area (Å²) in [6.07, 6.45) is -3.38. The maximum Gasteiger partial charge on any atom is 0.433 e. The van der Waals surface area contributed by atoms with Crippen LogP contribution in [-0.4, -0.2) is 28.4 Å². The first-order chi connectivity index (χ1) is 7.68. The summed E-state index contributed by atoms with van der Waals surface area (Å²) < 4.78 is 37.4. The molecule has 1 aromatic rings. The van der Waals surface area contributed by atoms with Crippen LogP contribution < -0.4 is 4.90 Å². The van der Waals surface area contributed by atoms with Crippen LogP contribution in [-0.2, 0) is 6.18 Å². The summed E-state index contributed by atoms with van der Waals surface area (Å²) in [5.74, 6) is 0.258. The quantitative estimate of drug-likeness (QED) is 0.789. The van der Waals surface area contributed by atoms with E-state index in [2.05, 4.69) is 9.97 Å². The predicted molar refractivity (Wildman–Crippen MR) is 60.2 cm³/mol. The fourth-order valence-corrected chi connectivity index (χ4v) is 1.21. The number of alkyl halides is 4. The summed E-state index contributed by atoms with van der Waals surface area (Å²) in [6, 6.07) is 0.838. The summed E-state index contributed by atoms with van der Waals surface area (Å²) in [7, 11) is 1.61. The van der Waals surface area contributed by atoms with Crippen LogP contribution in [0.1, 0.15) is 19.5 Å². The third kappa shape index (κ3) is 3.21. The summed E-state index contributed by atoms with van der Waals surface area (Å²) >= 11 is 5.75. The van der Waals surface area contributed by atoms with E-state index < -0.39 is 17.4 Å². The van der Waals surface area contributed by atoms with Crippen molar-refractivity contribution >= 4 is 17.5 Å². The highest BCUT2D eigenvalue weighted by Crippen LogP contribution is 2.29. The van der Waals surface area contributed by atoms with E-state index in [1.807, 2.05) is 0 Å². The largest absolute Gasteiger partial charge is 0.433 e. The van der Waals surface area contributed by atoms with Crippen molar-refractivity contribution in [3.8, 4) is 0 Å². The molecule has 0 aliphatic heterocycles. The lowest BCUT2D eigenvalue weighted by molar-refractivity contribution is -0.141. The van der Waals surface area contributed by atoms with Crippen molar-refractivity contribution in [2.24, 2.45) is 0 Å². The van der Waals surface area contributed by atoms with Gasteiger partial charge in [0.05, 0.1) is 5.54 Å². The van der Waals surface area contributed by atoms with Gasteiger partial charge in [-0.05, 0) is 19.9 Å². The molecule has 0 spiro atoms. The Morgan fingerprint density at radius 1 is 1.35 bits per heavy atom. The number of rotatable bonds is 3. The van der Waals surface area contributed by atoms with Crippen LogP contribution in [0.4, 0.5) is 19.1 Å². The standard InChI is InChI=1S/C10H13ClF3N3/c1-9(2,6-11)17(3)8-15-5-4-7(16-8)10(12,13)14/h4-5H,6H2,1-3H3. The Kier molecular flexibility index (Phi) is 3.86. The Labute approximate surface area is 103 Å². The monoisotopic (exact) mass is 267 g/mol. The average molecular weight is 268 g/mol. The van der Waals surface area contributed by atoms with Gasteiger partial charge in [0.2, 0.25) is 5.95 Å². The number of nitrogens with zero attached hydrogens (tertiary/aromatic N) is 3. The molecule has 0 N–H and O–H groups in total. The molecular formula is C10H13ClF3N3. The van der Waals surface area contributed by atoms with Crippen molar-refractivity contribution in [3.05, 3.63) is 18.0 Å². The van der Waals surface area contributed by atoms with E-state index in [1.165, 1.54) is 4.90 Å². The van der Waals surface area contributed by atoms with Gasteiger partial charge in [-0.25, -0.2) is 9.97 Å². The van der Waals surface area contributed by atoms with E-state index in [0.29, 0.717) is 0 Å². The Bertz CT molecular complexity index is 393. The highest BCUT2D eigenvalue weighted by molar-refractivity contribution is 6.18. The summed E-state index contributed by atoms with van der Waals surface area (Å²) in [5.41, 5.74) is -1.48. The van der Waals surface area contributed by atoms with Crippen LogP contribution in [0.3, 0.4) is 0 Å². The van der Waals surface area contributed by atoms with Crippen molar-refractivity contribution < 1.29 is 13.2 Å². The van der Waals surface area contributed by atoms with Crippen LogP contribution in [0, 0.1) is 0 Å². The van der Waals surface area contributed by atoms with Gasteiger partial charge in [-0.2, -0.15) is 13.2 Å². The Morgan fingerprint density at radius 2 is 1.94 bits per heavy atom. The van der Waals surface area contributed by atoms with E-state index in [1.54, 1.807) is 20.9 Å². The lowest BCUT2D eigenvalue weighted by Gasteiger charge is -2.33. The van der Waals surface area contributed by atoms with Crippen LogP contribution in [0.25, 0.3) is 0 Å². The van der Waals surface area contributed by atoms with Crippen LogP contribution in [0.15, 0.2) is 12.3 Å². The molecule has 0 aromatic carbocycles. The zero-order valence-corrected chi connectivity index (χ0v) is 10.5. The van der Waals surface area contributed by atoms with E-state index in [9.17, 15) is 13.2 Å². The Morgan fingerprint density at radius 3 is 2.41 bits per heavy atom. The van der Waals surface area contributed by atoms with Gasteiger partial charge in [-0.1, -0.05) is 0 Å². The van der Waals surface area contributed by atoms with E-state index >= 15 is 0 Å². The highest BCUT2D eigenvalue weighted by atomic mass is 35.5. The number of aromatic nitrogens is 2. The van der Waals surface area contributed by atoms with Crippen LogP contribution in [0.5, 0.6) is 0 Å². The van der Waals surface area contributed by atoms with E-state index in [4.69, 9.17) is 11.6 Å². The maximum absolute atomic E-state index is 12.5. The van der Waals surface area contributed by atoms with Crippen molar-refractivity contribution in [2.75, 3.05) is 17.8 Å². The molecular weight excluding hydrogens is 255 g/mol. The third-order valence-electron chi connectivity index (χ3n) is 2.47. The molecule has 0 radical (unpaired) electrons. The van der Waals surface area contributed by atoms with Crippen molar-refractivity contribution in [2.45, 2.75) is 25.6 Å². The third-order valence-corrected chi connectivity index (χ3v) is 3.12. The molecule has 3 nitrogen and oxygen atoms in total. The number of hydrogen-bond acceptors (Lipinski definition) is 3. The minimum Gasteiger partial charge on any atom is -0.338 e. The first kappa shape index (κ1) is 14.0. The molecule has 1 heterocycles. The number of anilines is 1. The van der Waals surface area contributed by atoms with E-state index in [0.717, 1.165) is 12.3 Å². The lowest BCUT2D eigenvalue weighted by Crippen LogP contribution is -2.44. The predicted octanol–water partition coefficient (Wildman–Crippen LogP) is 2.95. The number of halogens is 4. The maximum atomic E-state index is 12.5. The van der Waals surface area contributed by atoms with Gasteiger partial charge in [0, 0.05) is 19.1 Å². The molecule has 0 fully saturated rings. The lowest BCUT2D eigenvalue weighted by atomic mass is 10.1. The molecule has 0 saturated heterocycles. The average Bonchev–Trinajstić information content (AvgIpc) is 2.27. The fourth-order valence-electron chi connectivity index (χ4n) is 1.03. The normalized spacial score (nSPS) is 12.6. The van der Waals surface area contributed by atoms with Crippen molar-refractivity contribution in [1.82, 2.24) is 9.97 Å². The van der Waals surface area contributed by atoms with Gasteiger partial charge in [-0.3, -0.25) is 0 Å². The zero-order valence-electron chi connectivity index (χ0n) is 9.72. The molecule has 7 heteroatoms. The van der Waals surface area contributed by atoms with Crippen molar-refractivity contribution in [1.29, 1.82) is 0 Å². The minimum atomic E-state index is -4.47. The number of hydrogen-bond donors (Lipinski definition) is 0. The second-order valence-corrected chi connectivity index (χ2v) is 4.51. The Balaban J connectivity index is 3.08. The molecule has 17 heavy (non-hydrogen) atoms. The van der Waals surface area contributed by atoms with Gasteiger partial charge in [0.15, 0.2) is 0 Å². The fraction of sp³-hybridized carbons (Fsp3) is 0.600. The topological polar surface area (TPSA) is 29.0 Å². The molecule has 0 bridgehead atoms. The molecule has 0 amide bonds. The molecule has 0 saturated carbocycles. The molecule has 1 aromatic heterocycles. The van der Waals surface area contributed by atoms with Gasteiger partial charge < -0.3 is 4.90 Å². The first-order valence-electron chi connectivity index (χ1n) is 4.88. The molecule has 1 rings (SSSR count). The van der Waals surface area contributed by atoms with Gasteiger partial charge in [0.1, 0.15) is 5.69 Å². The van der Waals surface area contributed by atoms with Gasteiger partial charge >= 0.3 is 6.18 Å². The van der Waals surface area contributed by atoms with E-state index in [-0.39, 0.29) is 11.8 Å². The molecule has 0 aliphatic rings. The summed E-state index contributed by atoms with van der Waals surface area (Å²) in [4.78, 5) is 8.84. The Hall–Kier alpha value is -1.04. The van der Waals surface area contributed by atoms with Gasteiger partial charge in [0.25, 0.3) is 0 Å². The molecule has 96 valence electrons. The smallest absolute Gasteiger partial charge is 0.338 e. The molecule has 0 unspecified atom stereocenters. The minimum absolute atomic E-state index is 0.00507. The summed E-state index contributed by atoms with van der Waals surface area (Å²) in [5, 5.41) is 0. The second kappa shape index (κ2) is 4.68. The second-order valence-electron chi connectivity index (χ2n) is 4.24. The molecule has 0 atom stereocenters. The summed E-state index contributed by atoms with van der Waals surface area (Å²) in [6.45, 7) is 3.59. The van der Waals surface area contributed by atoms with Crippen LogP contribution >= 0.6 is 11.6 Å². The SMILES string of the molecule is CN(c1nccc(C(F)(F)F)n1)C(C)(C)CCl. The van der Waals surface area contributed by atoms with Gasteiger partial charge in [-0.15, -0.1) is 11.6 Å². The van der Waals surface area contributed by atoms with Crippen LogP contribution in [0.2, 0.25) is 0 Å².